The van der Waals surface area contributed by atoms with Crippen LogP contribution in [0, 0.1) is 5.92 Å². The van der Waals surface area contributed by atoms with Gasteiger partial charge in [-0.2, -0.15) is 0 Å². The molecule has 0 aliphatic carbocycles. The number of hydrogen-bond acceptors (Lipinski definition) is 2. The molecule has 0 rings (SSSR count). The van der Waals surface area contributed by atoms with Crippen molar-refractivity contribution in [2.45, 2.75) is 46.5 Å². The molecule has 13 heavy (non-hydrogen) atoms. The summed E-state index contributed by atoms with van der Waals surface area (Å²) in [7, 11) is 0. The first-order valence-corrected chi connectivity index (χ1v) is 4.96. The van der Waals surface area contributed by atoms with Gasteiger partial charge in [0.1, 0.15) is 0 Å². The van der Waals surface area contributed by atoms with E-state index in [0.717, 1.165) is 12.8 Å². The monoisotopic (exact) mass is 183 g/mol. The van der Waals surface area contributed by atoms with E-state index in [2.05, 4.69) is 13.8 Å². The maximum atomic E-state index is 10.3. The molecule has 1 atom stereocenters. The van der Waals surface area contributed by atoms with Crippen LogP contribution in [0.5, 0.6) is 0 Å². The highest BCUT2D eigenvalue weighted by Crippen LogP contribution is 2.13. The van der Waals surface area contributed by atoms with Gasteiger partial charge in [0.25, 0.3) is 0 Å². The quantitative estimate of drug-likeness (QED) is 0.590. The highest BCUT2D eigenvalue weighted by atomic mass is 16.4. The van der Waals surface area contributed by atoms with Crippen LogP contribution in [0.2, 0.25) is 0 Å². The van der Waals surface area contributed by atoms with Gasteiger partial charge in [0.2, 0.25) is 0 Å². The standard InChI is InChI=1S/C11H20O2/c1-4-6-9(2)7-5-8-10(3)11(12)13/h8-9H,4-7H2,1-3H3,(H,12,13)/p-1/b10-8+. The molecule has 0 aromatic rings. The van der Waals surface area contributed by atoms with Crippen molar-refractivity contribution in [3.63, 3.8) is 0 Å². The molecular weight excluding hydrogens is 164 g/mol. The zero-order chi connectivity index (χ0) is 10.3. The lowest BCUT2D eigenvalue weighted by molar-refractivity contribution is -0.299. The second kappa shape index (κ2) is 6.70. The molecule has 0 bridgehead atoms. The number of carboxylic acids is 1. The van der Waals surface area contributed by atoms with Crippen LogP contribution in [0.15, 0.2) is 11.6 Å². The first kappa shape index (κ1) is 12.2. The van der Waals surface area contributed by atoms with Crippen molar-refractivity contribution in [3.05, 3.63) is 11.6 Å². The average molecular weight is 183 g/mol. The molecule has 1 unspecified atom stereocenters. The van der Waals surface area contributed by atoms with E-state index >= 15 is 0 Å². The Morgan fingerprint density at radius 2 is 2.08 bits per heavy atom. The van der Waals surface area contributed by atoms with Crippen molar-refractivity contribution in [1.29, 1.82) is 0 Å². The Labute approximate surface area is 80.7 Å². The maximum absolute atomic E-state index is 10.3. The molecule has 2 heteroatoms. The van der Waals surface area contributed by atoms with Crippen molar-refractivity contribution in [1.82, 2.24) is 0 Å². The zero-order valence-electron chi connectivity index (χ0n) is 8.80. The fourth-order valence-corrected chi connectivity index (χ4v) is 1.30. The molecule has 0 aromatic heterocycles. The summed E-state index contributed by atoms with van der Waals surface area (Å²) in [6, 6.07) is 0. The molecule has 0 fully saturated rings. The molecular formula is C11H19O2-. The minimum absolute atomic E-state index is 0.351. The van der Waals surface area contributed by atoms with Crippen molar-refractivity contribution in [3.8, 4) is 0 Å². The van der Waals surface area contributed by atoms with Gasteiger partial charge >= 0.3 is 0 Å². The van der Waals surface area contributed by atoms with Crippen LogP contribution in [0.25, 0.3) is 0 Å². The van der Waals surface area contributed by atoms with Gasteiger partial charge in [0.15, 0.2) is 0 Å². The van der Waals surface area contributed by atoms with Crippen LogP contribution in [-0.4, -0.2) is 5.97 Å². The number of hydrogen-bond donors (Lipinski definition) is 0. The Kier molecular flexibility index (Phi) is 6.29. The third kappa shape index (κ3) is 6.38. The Morgan fingerprint density at radius 3 is 2.54 bits per heavy atom. The summed E-state index contributed by atoms with van der Waals surface area (Å²) >= 11 is 0. The first-order chi connectivity index (χ1) is 6.07. The summed E-state index contributed by atoms with van der Waals surface area (Å²) in [5.41, 5.74) is 0.351. The van der Waals surface area contributed by atoms with Crippen LogP contribution in [0.4, 0.5) is 0 Å². The SMILES string of the molecule is CCCC(C)CC/C=C(\C)C(=O)[O-]. The van der Waals surface area contributed by atoms with Crippen LogP contribution in [-0.2, 0) is 4.79 Å². The molecule has 0 saturated carbocycles. The van der Waals surface area contributed by atoms with Crippen LogP contribution in [0.1, 0.15) is 46.5 Å². The molecule has 0 aromatic carbocycles. The third-order valence-electron chi connectivity index (χ3n) is 2.21. The number of aliphatic carboxylic acids is 1. The Balaban J connectivity index is 3.65. The summed E-state index contributed by atoms with van der Waals surface area (Å²) in [6.45, 7) is 5.95. The summed E-state index contributed by atoms with van der Waals surface area (Å²) < 4.78 is 0. The number of carbonyl (C=O) groups excluding carboxylic acids is 1. The van der Waals surface area contributed by atoms with E-state index in [9.17, 15) is 9.90 Å². The Bertz CT molecular complexity index is 183. The van der Waals surface area contributed by atoms with Crippen molar-refractivity contribution in [2.75, 3.05) is 0 Å². The predicted octanol–water partition coefficient (Wildman–Crippen LogP) is 1.90. The average Bonchev–Trinajstić information content (AvgIpc) is 2.04. The van der Waals surface area contributed by atoms with Crippen molar-refractivity contribution < 1.29 is 9.90 Å². The Morgan fingerprint density at radius 1 is 1.46 bits per heavy atom. The highest BCUT2D eigenvalue weighted by Gasteiger charge is 1.98. The summed E-state index contributed by atoms with van der Waals surface area (Å²) in [6.07, 6.45) is 6.09. The number of rotatable bonds is 6. The molecule has 0 amide bonds. The molecule has 0 saturated heterocycles. The molecule has 0 radical (unpaired) electrons. The molecule has 0 aliphatic heterocycles. The lowest BCUT2D eigenvalue weighted by Gasteiger charge is -2.08. The summed E-state index contributed by atoms with van der Waals surface area (Å²) in [5.74, 6) is -0.362. The minimum atomic E-state index is -1.05. The number of carboxylic acid groups (broad SMARTS) is 1. The maximum Gasteiger partial charge on any atom is 0.0668 e. The first-order valence-electron chi connectivity index (χ1n) is 4.96. The molecule has 76 valence electrons. The van der Waals surface area contributed by atoms with Gasteiger partial charge in [0.05, 0.1) is 5.97 Å². The van der Waals surface area contributed by atoms with Gasteiger partial charge in [-0.1, -0.05) is 32.8 Å². The fraction of sp³-hybridized carbons (Fsp3) is 0.727. The molecule has 0 aliphatic rings. The zero-order valence-corrected chi connectivity index (χ0v) is 8.80. The van der Waals surface area contributed by atoms with Gasteiger partial charge in [-0.3, -0.25) is 0 Å². The molecule has 0 N–H and O–H groups in total. The molecule has 0 spiro atoms. The van der Waals surface area contributed by atoms with Gasteiger partial charge < -0.3 is 9.90 Å². The molecule has 0 heterocycles. The number of allylic oxidation sites excluding steroid dienone is 1. The van der Waals surface area contributed by atoms with E-state index in [1.165, 1.54) is 12.8 Å². The van der Waals surface area contributed by atoms with Crippen LogP contribution in [0.3, 0.4) is 0 Å². The molecule has 2 nitrogen and oxygen atoms in total. The highest BCUT2D eigenvalue weighted by molar-refractivity contribution is 5.83. The van der Waals surface area contributed by atoms with Gasteiger partial charge in [-0.05, 0) is 31.3 Å². The van der Waals surface area contributed by atoms with E-state index in [4.69, 9.17) is 0 Å². The second-order valence-corrected chi connectivity index (χ2v) is 3.65. The van der Waals surface area contributed by atoms with Gasteiger partial charge in [-0.25, -0.2) is 0 Å². The third-order valence-corrected chi connectivity index (χ3v) is 2.21. The lowest BCUT2D eigenvalue weighted by atomic mass is 10.00. The van der Waals surface area contributed by atoms with E-state index in [1.807, 2.05) is 0 Å². The minimum Gasteiger partial charge on any atom is -0.545 e. The Hall–Kier alpha value is -0.790. The van der Waals surface area contributed by atoms with E-state index < -0.39 is 5.97 Å². The topological polar surface area (TPSA) is 40.1 Å². The predicted molar refractivity (Wildman–Crippen MR) is 52.1 cm³/mol. The largest absolute Gasteiger partial charge is 0.545 e. The second-order valence-electron chi connectivity index (χ2n) is 3.65. The van der Waals surface area contributed by atoms with Crippen LogP contribution < -0.4 is 5.11 Å². The summed E-state index contributed by atoms with van der Waals surface area (Å²) in [4.78, 5) is 10.3. The lowest BCUT2D eigenvalue weighted by Crippen LogP contribution is -2.22. The van der Waals surface area contributed by atoms with Crippen molar-refractivity contribution in [2.24, 2.45) is 5.92 Å². The number of carbonyl (C=O) groups is 1. The smallest absolute Gasteiger partial charge is 0.0668 e. The summed E-state index contributed by atoms with van der Waals surface area (Å²) in [5, 5.41) is 10.3. The normalized spacial score (nSPS) is 14.2. The van der Waals surface area contributed by atoms with E-state index in [0.29, 0.717) is 11.5 Å². The van der Waals surface area contributed by atoms with Crippen molar-refractivity contribution >= 4 is 5.97 Å². The fourth-order valence-electron chi connectivity index (χ4n) is 1.30. The van der Waals surface area contributed by atoms with E-state index in [1.54, 1.807) is 13.0 Å². The van der Waals surface area contributed by atoms with Gasteiger partial charge in [-0.15, -0.1) is 0 Å². The van der Waals surface area contributed by atoms with E-state index in [-0.39, 0.29) is 0 Å². The van der Waals surface area contributed by atoms with Gasteiger partial charge in [0, 0.05) is 0 Å². The van der Waals surface area contributed by atoms with Crippen LogP contribution >= 0.6 is 0 Å².